The largest absolute Gasteiger partial charge is 0.467 e. The molecule has 0 spiro atoms. The van der Waals surface area contributed by atoms with E-state index in [0.717, 1.165) is 12.2 Å². The van der Waals surface area contributed by atoms with Gasteiger partial charge in [0.25, 0.3) is 0 Å². The third-order valence-electron chi connectivity index (χ3n) is 2.19. The molecule has 84 valence electrons. The van der Waals surface area contributed by atoms with Crippen molar-refractivity contribution in [3.05, 3.63) is 12.4 Å². The van der Waals surface area contributed by atoms with Gasteiger partial charge in [0.15, 0.2) is 0 Å². The smallest absolute Gasteiger partial charge is 0.328 e. The molecule has 0 saturated heterocycles. The van der Waals surface area contributed by atoms with E-state index in [0.29, 0.717) is 6.42 Å². The molecule has 5 heteroatoms. The maximum atomic E-state index is 11.3. The van der Waals surface area contributed by atoms with Crippen LogP contribution in [0.1, 0.15) is 20.3 Å². The van der Waals surface area contributed by atoms with Gasteiger partial charge in [0.1, 0.15) is 6.04 Å². The van der Waals surface area contributed by atoms with Gasteiger partial charge >= 0.3 is 5.97 Å². The average Bonchev–Trinajstić information content (AvgIpc) is 2.72. The Morgan fingerprint density at radius 1 is 1.67 bits per heavy atom. The van der Waals surface area contributed by atoms with Gasteiger partial charge in [-0.1, -0.05) is 6.92 Å². The van der Waals surface area contributed by atoms with E-state index in [1.165, 1.54) is 7.11 Å². The number of rotatable bonds is 5. The van der Waals surface area contributed by atoms with E-state index in [2.05, 4.69) is 15.2 Å². The van der Waals surface area contributed by atoms with Crippen LogP contribution in [0.15, 0.2) is 12.4 Å². The first-order valence-electron chi connectivity index (χ1n) is 5.08. The van der Waals surface area contributed by atoms with E-state index >= 15 is 0 Å². The topological polar surface area (TPSA) is 56.2 Å². The van der Waals surface area contributed by atoms with E-state index in [4.69, 9.17) is 0 Å². The number of aryl methyl sites for hydroxylation is 1. The van der Waals surface area contributed by atoms with E-state index in [1.54, 1.807) is 10.9 Å². The van der Waals surface area contributed by atoms with Crippen molar-refractivity contribution in [1.29, 1.82) is 0 Å². The summed E-state index contributed by atoms with van der Waals surface area (Å²) in [6.07, 6.45) is 4.25. The maximum absolute atomic E-state index is 11.3. The molecule has 0 radical (unpaired) electrons. The van der Waals surface area contributed by atoms with Crippen LogP contribution in [0.2, 0.25) is 0 Å². The number of methoxy groups -OCH3 is 1. The number of hydrogen-bond acceptors (Lipinski definition) is 4. The molecule has 0 aliphatic rings. The predicted molar refractivity (Wildman–Crippen MR) is 57.6 cm³/mol. The van der Waals surface area contributed by atoms with E-state index in [9.17, 15) is 4.79 Å². The minimum absolute atomic E-state index is 0.248. The van der Waals surface area contributed by atoms with Crippen molar-refractivity contribution in [1.82, 2.24) is 9.78 Å². The summed E-state index contributed by atoms with van der Waals surface area (Å²) >= 11 is 0. The molecule has 1 N–H and O–H groups in total. The summed E-state index contributed by atoms with van der Waals surface area (Å²) in [6, 6.07) is -0.301. The number of nitrogens with one attached hydrogen (secondary N) is 1. The minimum Gasteiger partial charge on any atom is -0.467 e. The summed E-state index contributed by atoms with van der Waals surface area (Å²) < 4.78 is 6.48. The second-order valence-electron chi connectivity index (χ2n) is 3.21. The second-order valence-corrected chi connectivity index (χ2v) is 3.21. The molecule has 0 aliphatic heterocycles. The Hall–Kier alpha value is -1.52. The summed E-state index contributed by atoms with van der Waals surface area (Å²) in [4.78, 5) is 11.3. The first kappa shape index (κ1) is 11.6. The first-order valence-corrected chi connectivity index (χ1v) is 5.08. The summed E-state index contributed by atoms with van der Waals surface area (Å²) in [5, 5.41) is 7.19. The fraction of sp³-hybridized carbons (Fsp3) is 0.600. The Morgan fingerprint density at radius 2 is 2.40 bits per heavy atom. The number of aromatic nitrogens is 2. The Bertz CT molecular complexity index is 322. The Kier molecular flexibility index (Phi) is 4.15. The van der Waals surface area contributed by atoms with E-state index in [-0.39, 0.29) is 12.0 Å². The lowest BCUT2D eigenvalue weighted by molar-refractivity contribution is -0.141. The Balaban J connectivity index is 2.62. The standard InChI is InChI=1S/C10H17N3O2/c1-4-9(10(14)15-3)12-8-6-11-13(5-2)7-8/h6-7,9,12H,4-5H2,1-3H3. The van der Waals surface area contributed by atoms with Crippen LogP contribution >= 0.6 is 0 Å². The third kappa shape index (κ3) is 2.97. The van der Waals surface area contributed by atoms with Gasteiger partial charge in [-0.05, 0) is 13.3 Å². The van der Waals surface area contributed by atoms with Gasteiger partial charge in [0, 0.05) is 12.7 Å². The normalized spacial score (nSPS) is 12.2. The van der Waals surface area contributed by atoms with E-state index in [1.807, 2.05) is 20.0 Å². The van der Waals surface area contributed by atoms with Gasteiger partial charge in [-0.2, -0.15) is 5.10 Å². The van der Waals surface area contributed by atoms with Crippen molar-refractivity contribution >= 4 is 11.7 Å². The van der Waals surface area contributed by atoms with Crippen molar-refractivity contribution < 1.29 is 9.53 Å². The number of nitrogens with zero attached hydrogens (tertiary/aromatic N) is 2. The van der Waals surface area contributed by atoms with Gasteiger partial charge in [-0.25, -0.2) is 4.79 Å². The molecule has 0 fully saturated rings. The maximum Gasteiger partial charge on any atom is 0.328 e. The van der Waals surface area contributed by atoms with Crippen molar-refractivity contribution in [2.75, 3.05) is 12.4 Å². The summed E-state index contributed by atoms with van der Waals surface area (Å²) in [5.41, 5.74) is 0.842. The van der Waals surface area contributed by atoms with Crippen molar-refractivity contribution in [3.8, 4) is 0 Å². The molecule has 0 aliphatic carbocycles. The zero-order chi connectivity index (χ0) is 11.3. The number of carbonyl (C=O) groups excluding carboxylic acids is 1. The van der Waals surface area contributed by atoms with Crippen molar-refractivity contribution in [2.45, 2.75) is 32.9 Å². The Morgan fingerprint density at radius 3 is 2.87 bits per heavy atom. The number of ether oxygens (including phenoxy) is 1. The van der Waals surface area contributed by atoms with Crippen molar-refractivity contribution in [3.63, 3.8) is 0 Å². The van der Waals surface area contributed by atoms with Gasteiger partial charge < -0.3 is 10.1 Å². The fourth-order valence-corrected chi connectivity index (χ4v) is 1.28. The van der Waals surface area contributed by atoms with Gasteiger partial charge in [0.05, 0.1) is 19.0 Å². The monoisotopic (exact) mass is 211 g/mol. The number of esters is 1. The molecule has 1 atom stereocenters. The molecule has 1 rings (SSSR count). The lowest BCUT2D eigenvalue weighted by atomic mass is 10.2. The SMILES string of the molecule is CCC(Nc1cnn(CC)c1)C(=O)OC. The molecular formula is C10H17N3O2. The summed E-state index contributed by atoms with van der Waals surface area (Å²) in [6.45, 7) is 4.75. The zero-order valence-corrected chi connectivity index (χ0v) is 9.36. The predicted octanol–water partition coefficient (Wildman–Crippen LogP) is 1.27. The molecule has 1 aromatic rings. The molecule has 0 saturated carbocycles. The van der Waals surface area contributed by atoms with Gasteiger partial charge in [-0.15, -0.1) is 0 Å². The van der Waals surface area contributed by atoms with Crippen molar-refractivity contribution in [2.24, 2.45) is 0 Å². The molecule has 0 amide bonds. The molecule has 1 unspecified atom stereocenters. The van der Waals surface area contributed by atoms with Crippen LogP contribution in [0.25, 0.3) is 0 Å². The molecule has 0 bridgehead atoms. The first-order chi connectivity index (χ1) is 7.21. The molecule has 5 nitrogen and oxygen atoms in total. The molecule has 15 heavy (non-hydrogen) atoms. The van der Waals surface area contributed by atoms with Crippen LogP contribution < -0.4 is 5.32 Å². The van der Waals surface area contributed by atoms with Crippen LogP contribution in [-0.4, -0.2) is 28.9 Å². The second kappa shape index (κ2) is 5.38. The van der Waals surface area contributed by atoms with Crippen LogP contribution in [0.5, 0.6) is 0 Å². The highest BCUT2D eigenvalue weighted by Gasteiger charge is 2.16. The zero-order valence-electron chi connectivity index (χ0n) is 9.36. The summed E-state index contributed by atoms with van der Waals surface area (Å²) in [7, 11) is 1.39. The van der Waals surface area contributed by atoms with Gasteiger partial charge in [0.2, 0.25) is 0 Å². The highest BCUT2D eigenvalue weighted by Crippen LogP contribution is 2.09. The summed E-state index contributed by atoms with van der Waals surface area (Å²) in [5.74, 6) is -0.248. The van der Waals surface area contributed by atoms with Crippen LogP contribution in [0.3, 0.4) is 0 Å². The molecular weight excluding hydrogens is 194 g/mol. The lowest BCUT2D eigenvalue weighted by Gasteiger charge is -2.13. The lowest BCUT2D eigenvalue weighted by Crippen LogP contribution is -2.29. The third-order valence-corrected chi connectivity index (χ3v) is 2.19. The average molecular weight is 211 g/mol. The van der Waals surface area contributed by atoms with Crippen LogP contribution in [-0.2, 0) is 16.1 Å². The number of anilines is 1. The number of carbonyl (C=O) groups is 1. The van der Waals surface area contributed by atoms with E-state index < -0.39 is 0 Å². The van der Waals surface area contributed by atoms with Crippen LogP contribution in [0, 0.1) is 0 Å². The molecule has 0 aromatic carbocycles. The molecule has 1 aromatic heterocycles. The fourth-order valence-electron chi connectivity index (χ4n) is 1.28. The highest BCUT2D eigenvalue weighted by molar-refractivity contribution is 5.78. The number of hydrogen-bond donors (Lipinski definition) is 1. The van der Waals surface area contributed by atoms with Gasteiger partial charge in [-0.3, -0.25) is 4.68 Å². The van der Waals surface area contributed by atoms with Crippen LogP contribution in [0.4, 0.5) is 5.69 Å². The Labute approximate surface area is 89.4 Å². The highest BCUT2D eigenvalue weighted by atomic mass is 16.5. The minimum atomic E-state index is -0.301. The molecule has 1 heterocycles. The quantitative estimate of drug-likeness (QED) is 0.745.